The van der Waals surface area contributed by atoms with E-state index < -0.39 is 51.4 Å². The summed E-state index contributed by atoms with van der Waals surface area (Å²) in [7, 11) is -3.54. The predicted octanol–water partition coefficient (Wildman–Crippen LogP) is 5.39. The van der Waals surface area contributed by atoms with E-state index in [0.717, 1.165) is 0 Å². The van der Waals surface area contributed by atoms with Gasteiger partial charge in [-0.25, -0.2) is 26.9 Å². The van der Waals surface area contributed by atoms with Crippen molar-refractivity contribution in [1.29, 1.82) is 0 Å². The number of para-hydroxylation sites is 2. The van der Waals surface area contributed by atoms with Crippen molar-refractivity contribution in [3.63, 3.8) is 0 Å². The van der Waals surface area contributed by atoms with Crippen LogP contribution in [0.15, 0.2) is 58.7 Å². The van der Waals surface area contributed by atoms with E-state index in [-0.39, 0.29) is 65.1 Å². The molecular weight excluding hydrogens is 949 g/mol. The molecule has 4 aliphatic heterocycles. The number of hydrogen-bond acceptors (Lipinski definition) is 14. The number of carbonyl (C=O) groups excluding carboxylic acids is 4. The van der Waals surface area contributed by atoms with Crippen LogP contribution in [0, 0.1) is 21.7 Å². The molecule has 2 spiro atoms. The Labute approximate surface area is 411 Å². The molecule has 376 valence electrons. The Morgan fingerprint density at radius 3 is 1.29 bits per heavy atom. The van der Waals surface area contributed by atoms with Gasteiger partial charge in [0.05, 0.1) is 36.0 Å². The lowest BCUT2D eigenvalue weighted by atomic mass is 9.94. The standard InChI is InChI=1S/C24H37N5O4S2.C22H33N5O4S2/c1-22(2,3)19(30)25-21-26-29(20(31)23(4,5)6)24(34-21)16-28(18-13-10-9-12-17(18)24)35(32,33)15-11-14-27(7)8;1-20(2,3)17(28)24-19-25-27(18(29)21(4,5)6)22(32-19)14-26(33(30,31)13-9-12-23)16-11-8-7-10-15(16)22/h9-10,12-13H,11,14-16H2,1-8H3,(H,25,26,30);7-8,10-11H,9,12-14,23H2,1-6H3,(H,24,25,28). The molecule has 4 amide bonds. The van der Waals surface area contributed by atoms with Crippen LogP contribution in [0.25, 0.3) is 0 Å². The Hall–Kier alpha value is -4.22. The van der Waals surface area contributed by atoms with Gasteiger partial charge in [-0.05, 0) is 75.7 Å². The van der Waals surface area contributed by atoms with Crippen LogP contribution in [0.2, 0.25) is 0 Å². The minimum atomic E-state index is -3.68. The Bertz CT molecular complexity index is 2580. The first-order chi connectivity index (χ1) is 31.1. The number of thioether (sulfide) groups is 2. The van der Waals surface area contributed by atoms with Crippen LogP contribution < -0.4 is 25.0 Å². The van der Waals surface area contributed by atoms with Gasteiger partial charge < -0.3 is 21.3 Å². The molecule has 0 bridgehead atoms. The summed E-state index contributed by atoms with van der Waals surface area (Å²) >= 11 is 2.41. The van der Waals surface area contributed by atoms with Gasteiger partial charge in [-0.3, -0.25) is 27.8 Å². The van der Waals surface area contributed by atoms with E-state index in [9.17, 15) is 36.0 Å². The number of benzene rings is 2. The van der Waals surface area contributed by atoms with Crippen molar-refractivity contribution in [3.05, 3.63) is 59.7 Å². The maximum absolute atomic E-state index is 13.6. The summed E-state index contributed by atoms with van der Waals surface area (Å²) < 4.78 is 56.1. The van der Waals surface area contributed by atoms with Gasteiger partial charge in [0.2, 0.25) is 43.7 Å². The smallest absolute Gasteiger partial charge is 0.249 e. The molecule has 0 aromatic heterocycles. The molecule has 0 saturated heterocycles. The van der Waals surface area contributed by atoms with E-state index in [1.165, 1.54) is 42.2 Å². The summed E-state index contributed by atoms with van der Waals surface area (Å²) in [6, 6.07) is 14.3. The van der Waals surface area contributed by atoms with Gasteiger partial charge in [0.25, 0.3) is 0 Å². The number of hydrazone groups is 2. The van der Waals surface area contributed by atoms with Crippen LogP contribution in [0.5, 0.6) is 0 Å². The molecule has 0 radical (unpaired) electrons. The summed E-state index contributed by atoms with van der Waals surface area (Å²) in [5.41, 5.74) is 5.07. The second-order valence-corrected chi connectivity index (χ2v) is 28.3. The summed E-state index contributed by atoms with van der Waals surface area (Å²) in [5.74, 6) is -1.11. The predicted molar refractivity (Wildman–Crippen MR) is 273 cm³/mol. The quantitative estimate of drug-likeness (QED) is 0.288. The number of sulfonamides is 2. The molecular formula is C46H70N10O8S4. The topological polar surface area (TPSA) is 228 Å². The molecule has 6 rings (SSSR count). The molecule has 18 nitrogen and oxygen atoms in total. The van der Waals surface area contributed by atoms with Crippen molar-refractivity contribution < 1.29 is 36.0 Å². The summed E-state index contributed by atoms with van der Waals surface area (Å²) in [6.45, 7) is 22.4. The minimum Gasteiger partial charge on any atom is -0.330 e. The first kappa shape index (κ1) is 54.7. The van der Waals surface area contributed by atoms with Gasteiger partial charge >= 0.3 is 0 Å². The monoisotopic (exact) mass is 1020 g/mol. The van der Waals surface area contributed by atoms with E-state index in [0.29, 0.717) is 41.9 Å². The lowest BCUT2D eigenvalue weighted by molar-refractivity contribution is -0.143. The van der Waals surface area contributed by atoms with Crippen molar-refractivity contribution in [2.45, 2.75) is 106 Å². The fourth-order valence-electron chi connectivity index (χ4n) is 7.37. The molecule has 4 aliphatic rings. The highest BCUT2D eigenvalue weighted by molar-refractivity contribution is 8.15. The summed E-state index contributed by atoms with van der Waals surface area (Å²) in [5, 5.41) is 18.0. The van der Waals surface area contributed by atoms with Gasteiger partial charge in [-0.2, -0.15) is 0 Å². The Morgan fingerprint density at radius 2 is 0.971 bits per heavy atom. The van der Waals surface area contributed by atoms with Crippen LogP contribution in [0.4, 0.5) is 11.4 Å². The molecule has 68 heavy (non-hydrogen) atoms. The van der Waals surface area contributed by atoms with Crippen LogP contribution in [-0.4, -0.2) is 117 Å². The van der Waals surface area contributed by atoms with Gasteiger partial charge in [0.1, 0.15) is 0 Å². The molecule has 22 heteroatoms. The lowest BCUT2D eigenvalue weighted by Crippen LogP contribution is -2.49. The lowest BCUT2D eigenvalue weighted by Gasteiger charge is -2.35. The largest absolute Gasteiger partial charge is 0.330 e. The third-order valence-corrected chi connectivity index (χ3v) is 17.3. The first-order valence-corrected chi connectivity index (χ1v) is 27.4. The van der Waals surface area contributed by atoms with Gasteiger partial charge in [-0.15, -0.1) is 10.2 Å². The van der Waals surface area contributed by atoms with Crippen LogP contribution >= 0.6 is 23.5 Å². The van der Waals surface area contributed by atoms with Gasteiger partial charge in [0.15, 0.2) is 20.1 Å². The zero-order valence-electron chi connectivity index (χ0n) is 41.9. The average Bonchev–Trinajstić information content (AvgIpc) is 3.97. The molecule has 0 fully saturated rings. The van der Waals surface area contributed by atoms with E-state index >= 15 is 0 Å². The number of amidine groups is 2. The summed E-state index contributed by atoms with van der Waals surface area (Å²) in [4.78, 5) is 52.2. The number of anilines is 2. The van der Waals surface area contributed by atoms with Gasteiger partial charge in [0, 0.05) is 32.8 Å². The number of amides is 4. The number of nitrogens with one attached hydrogen (secondary N) is 2. The zero-order chi connectivity index (χ0) is 51.2. The molecule has 2 aromatic carbocycles. The van der Waals surface area contributed by atoms with Crippen LogP contribution in [0.3, 0.4) is 0 Å². The molecule has 4 N–H and O–H groups in total. The maximum Gasteiger partial charge on any atom is 0.249 e. The number of hydrogen-bond donors (Lipinski definition) is 3. The Balaban J connectivity index is 0.000000255. The second-order valence-electron chi connectivity index (χ2n) is 21.7. The van der Waals surface area contributed by atoms with Crippen molar-refractivity contribution in [2.24, 2.45) is 37.6 Å². The van der Waals surface area contributed by atoms with E-state index in [4.69, 9.17) is 5.73 Å². The fourth-order valence-corrected chi connectivity index (χ4v) is 13.2. The van der Waals surface area contributed by atoms with Crippen molar-refractivity contribution in [3.8, 4) is 0 Å². The molecule has 2 aromatic rings. The number of carbonyl (C=O) groups is 4. The highest BCUT2D eigenvalue weighted by Gasteiger charge is 2.60. The average molecular weight is 1020 g/mol. The molecule has 0 aliphatic carbocycles. The maximum atomic E-state index is 13.6. The normalized spacial score (nSPS) is 20.6. The fraction of sp³-hybridized carbons (Fsp3) is 0.609. The third-order valence-electron chi connectivity index (χ3n) is 11.3. The zero-order valence-corrected chi connectivity index (χ0v) is 45.1. The Morgan fingerprint density at radius 1 is 0.618 bits per heavy atom. The van der Waals surface area contributed by atoms with E-state index in [1.54, 1.807) is 107 Å². The highest BCUT2D eigenvalue weighted by atomic mass is 32.2. The van der Waals surface area contributed by atoms with Crippen molar-refractivity contribution in [1.82, 2.24) is 25.6 Å². The third kappa shape index (κ3) is 11.4. The van der Waals surface area contributed by atoms with Crippen LogP contribution in [-0.2, 0) is 49.0 Å². The number of nitrogens with two attached hydrogens (primary N) is 1. The summed E-state index contributed by atoms with van der Waals surface area (Å²) in [6.07, 6.45) is 0.817. The molecule has 2 atom stereocenters. The number of rotatable bonds is 9. The highest BCUT2D eigenvalue weighted by Crippen LogP contribution is 2.56. The minimum absolute atomic E-state index is 0.00980. The Kier molecular flexibility index (Phi) is 15.7. The van der Waals surface area contributed by atoms with E-state index in [2.05, 4.69) is 20.8 Å². The van der Waals surface area contributed by atoms with Crippen LogP contribution in [0.1, 0.15) is 107 Å². The number of fused-ring (bicyclic) bond motifs is 4. The molecule has 0 saturated carbocycles. The second kappa shape index (κ2) is 19.5. The van der Waals surface area contributed by atoms with Crippen molar-refractivity contribution in [2.75, 3.05) is 60.4 Å². The van der Waals surface area contributed by atoms with Crippen molar-refractivity contribution >= 4 is 88.9 Å². The van der Waals surface area contributed by atoms with Gasteiger partial charge in [-0.1, -0.05) is 119 Å². The molecule has 4 heterocycles. The first-order valence-electron chi connectivity index (χ1n) is 22.5. The number of nitrogens with zero attached hydrogens (tertiary/aromatic N) is 7. The van der Waals surface area contributed by atoms with E-state index in [1.807, 2.05) is 43.3 Å². The SMILES string of the molecule is CC(C)(C)C(=O)NC1=NN(C(=O)C(C)(C)C)C2(CN(S(=O)(=O)CCCN)c3ccccc32)S1.CN(C)CCCS(=O)(=O)N1CC2(SC(NC(=O)C(C)(C)C)=NN2C(=O)C(C)(C)C)c2ccccc21. The molecule has 2 unspecified atom stereocenters.